The Morgan fingerprint density at radius 2 is 1.48 bits per heavy atom. The predicted octanol–water partition coefficient (Wildman–Crippen LogP) is 4.61. The van der Waals surface area contributed by atoms with E-state index in [0.29, 0.717) is 6.42 Å². The van der Waals surface area contributed by atoms with E-state index in [1.807, 2.05) is 24.3 Å². The van der Waals surface area contributed by atoms with Crippen molar-refractivity contribution in [1.29, 1.82) is 0 Å². The van der Waals surface area contributed by atoms with Gasteiger partial charge in [0.05, 0.1) is 26.4 Å². The minimum Gasteiger partial charge on any atom is -0.497 e. The maximum atomic E-state index is 10.3. The van der Waals surface area contributed by atoms with Crippen LogP contribution in [0.15, 0.2) is 24.3 Å². The lowest BCUT2D eigenvalue weighted by molar-refractivity contribution is -0.114. The standard InChI is InChI=1S/C26H42O5/c1-3-4-5-6-7-8-9-10-11-12-13-14-15-24(28)26(29)25(20-27)31-21-22-16-18-23(30-2)19-17-22/h16-19,24-29H,3-7,10-15,20-21H2,1-2H3/t24-,25-,26-/m1/s1. The van der Waals surface area contributed by atoms with Crippen LogP contribution in [0, 0.1) is 11.8 Å². The lowest BCUT2D eigenvalue weighted by atomic mass is 10.0. The second-order valence-corrected chi connectivity index (χ2v) is 8.06. The molecule has 0 saturated heterocycles. The van der Waals surface area contributed by atoms with Crippen molar-refractivity contribution < 1.29 is 24.8 Å². The van der Waals surface area contributed by atoms with Crippen LogP contribution >= 0.6 is 0 Å². The average Bonchev–Trinajstić information content (AvgIpc) is 2.80. The Bertz CT molecular complexity index is 604. The summed E-state index contributed by atoms with van der Waals surface area (Å²) in [7, 11) is 1.61. The van der Waals surface area contributed by atoms with Crippen LogP contribution in [0.3, 0.4) is 0 Å². The number of rotatable bonds is 17. The van der Waals surface area contributed by atoms with Crippen LogP contribution in [0.5, 0.6) is 5.75 Å². The molecule has 0 saturated carbocycles. The highest BCUT2D eigenvalue weighted by atomic mass is 16.5. The van der Waals surface area contributed by atoms with Crippen molar-refractivity contribution in [2.75, 3.05) is 13.7 Å². The molecule has 31 heavy (non-hydrogen) atoms. The number of ether oxygens (including phenoxy) is 2. The maximum Gasteiger partial charge on any atom is 0.118 e. The fourth-order valence-electron chi connectivity index (χ4n) is 3.34. The summed E-state index contributed by atoms with van der Waals surface area (Å²) in [5, 5.41) is 30.2. The third kappa shape index (κ3) is 12.8. The summed E-state index contributed by atoms with van der Waals surface area (Å²) < 4.78 is 10.8. The highest BCUT2D eigenvalue weighted by Gasteiger charge is 2.26. The first-order chi connectivity index (χ1) is 15.1. The molecule has 0 aliphatic rings. The highest BCUT2D eigenvalue weighted by molar-refractivity contribution is 5.26. The van der Waals surface area contributed by atoms with Crippen LogP contribution < -0.4 is 4.74 Å². The zero-order valence-electron chi connectivity index (χ0n) is 19.4. The van der Waals surface area contributed by atoms with E-state index >= 15 is 0 Å². The first-order valence-electron chi connectivity index (χ1n) is 11.8. The summed E-state index contributed by atoms with van der Waals surface area (Å²) in [4.78, 5) is 0. The summed E-state index contributed by atoms with van der Waals surface area (Å²) in [6, 6.07) is 7.40. The molecule has 5 heteroatoms. The van der Waals surface area contributed by atoms with Gasteiger partial charge in [-0.2, -0.15) is 0 Å². The Balaban J connectivity index is 2.16. The number of unbranched alkanes of at least 4 members (excludes halogenated alkanes) is 8. The van der Waals surface area contributed by atoms with Crippen molar-refractivity contribution in [2.24, 2.45) is 0 Å². The molecule has 1 aromatic rings. The summed E-state index contributed by atoms with van der Waals surface area (Å²) in [5.74, 6) is 7.25. The zero-order valence-corrected chi connectivity index (χ0v) is 19.4. The van der Waals surface area contributed by atoms with Crippen LogP contribution in [0.25, 0.3) is 0 Å². The molecule has 0 aliphatic carbocycles. The molecule has 5 nitrogen and oxygen atoms in total. The molecule has 0 spiro atoms. The van der Waals surface area contributed by atoms with Crippen molar-refractivity contribution in [3.05, 3.63) is 29.8 Å². The van der Waals surface area contributed by atoms with E-state index in [-0.39, 0.29) is 13.2 Å². The smallest absolute Gasteiger partial charge is 0.118 e. The summed E-state index contributed by atoms with van der Waals surface area (Å²) >= 11 is 0. The fourth-order valence-corrected chi connectivity index (χ4v) is 3.34. The molecule has 1 rings (SSSR count). The van der Waals surface area contributed by atoms with Gasteiger partial charge in [-0.1, -0.05) is 57.6 Å². The minimum absolute atomic E-state index is 0.249. The number of benzene rings is 1. The molecular formula is C26H42O5. The van der Waals surface area contributed by atoms with E-state index in [9.17, 15) is 15.3 Å². The minimum atomic E-state index is -1.11. The van der Waals surface area contributed by atoms with Crippen LogP contribution in [-0.2, 0) is 11.3 Å². The molecule has 3 atom stereocenters. The first-order valence-corrected chi connectivity index (χ1v) is 11.8. The van der Waals surface area contributed by atoms with E-state index in [1.165, 1.54) is 25.7 Å². The van der Waals surface area contributed by atoms with E-state index in [4.69, 9.17) is 9.47 Å². The molecule has 176 valence electrons. The van der Waals surface area contributed by atoms with Gasteiger partial charge in [0.15, 0.2) is 0 Å². The summed E-state index contributed by atoms with van der Waals surface area (Å²) in [5.41, 5.74) is 0.907. The van der Waals surface area contributed by atoms with Crippen LogP contribution in [0.2, 0.25) is 0 Å². The Morgan fingerprint density at radius 1 is 0.871 bits per heavy atom. The second kappa shape index (κ2) is 18.0. The largest absolute Gasteiger partial charge is 0.497 e. The topological polar surface area (TPSA) is 79.2 Å². The van der Waals surface area contributed by atoms with Crippen molar-refractivity contribution >= 4 is 0 Å². The lowest BCUT2D eigenvalue weighted by Crippen LogP contribution is -2.41. The van der Waals surface area contributed by atoms with Gasteiger partial charge in [-0.15, -0.1) is 11.8 Å². The molecule has 0 bridgehead atoms. The maximum absolute atomic E-state index is 10.3. The molecular weight excluding hydrogens is 392 g/mol. The Labute approximate surface area is 188 Å². The molecule has 0 heterocycles. The second-order valence-electron chi connectivity index (χ2n) is 8.06. The molecule has 0 unspecified atom stereocenters. The number of aliphatic hydroxyl groups is 3. The van der Waals surface area contributed by atoms with Crippen molar-refractivity contribution in [3.8, 4) is 17.6 Å². The van der Waals surface area contributed by atoms with Crippen LogP contribution in [0.1, 0.15) is 83.1 Å². The van der Waals surface area contributed by atoms with E-state index in [0.717, 1.165) is 49.8 Å². The molecule has 0 aromatic heterocycles. The number of hydrogen-bond acceptors (Lipinski definition) is 5. The van der Waals surface area contributed by atoms with Crippen molar-refractivity contribution in [2.45, 2.75) is 102 Å². The van der Waals surface area contributed by atoms with Crippen molar-refractivity contribution in [1.82, 2.24) is 0 Å². The van der Waals surface area contributed by atoms with Gasteiger partial charge in [0.1, 0.15) is 18.0 Å². The lowest BCUT2D eigenvalue weighted by Gasteiger charge is -2.25. The fraction of sp³-hybridized carbons (Fsp3) is 0.692. The summed E-state index contributed by atoms with van der Waals surface area (Å²) in [6.07, 6.45) is 8.64. The number of hydrogen-bond donors (Lipinski definition) is 3. The van der Waals surface area contributed by atoms with Gasteiger partial charge in [-0.3, -0.25) is 0 Å². The monoisotopic (exact) mass is 434 g/mol. The van der Waals surface area contributed by atoms with Crippen molar-refractivity contribution in [3.63, 3.8) is 0 Å². The highest BCUT2D eigenvalue weighted by Crippen LogP contribution is 2.16. The van der Waals surface area contributed by atoms with E-state index < -0.39 is 18.3 Å². The van der Waals surface area contributed by atoms with E-state index in [1.54, 1.807) is 7.11 Å². The quantitative estimate of drug-likeness (QED) is 0.246. The number of methoxy groups -OCH3 is 1. The van der Waals surface area contributed by atoms with Gasteiger partial charge in [0.2, 0.25) is 0 Å². The van der Waals surface area contributed by atoms with Crippen LogP contribution in [0.4, 0.5) is 0 Å². The summed E-state index contributed by atoms with van der Waals surface area (Å²) in [6.45, 7) is 2.12. The third-order valence-electron chi connectivity index (χ3n) is 5.41. The van der Waals surface area contributed by atoms with Gasteiger partial charge in [-0.25, -0.2) is 0 Å². The third-order valence-corrected chi connectivity index (χ3v) is 5.41. The Kier molecular flexibility index (Phi) is 16.0. The zero-order chi connectivity index (χ0) is 22.7. The normalized spacial score (nSPS) is 13.8. The average molecular weight is 435 g/mol. The molecule has 0 fully saturated rings. The van der Waals surface area contributed by atoms with Gasteiger partial charge >= 0.3 is 0 Å². The predicted molar refractivity (Wildman–Crippen MR) is 125 cm³/mol. The molecule has 3 N–H and O–H groups in total. The van der Waals surface area contributed by atoms with Crippen LogP contribution in [-0.4, -0.2) is 47.3 Å². The Hall–Kier alpha value is -1.58. The molecule has 0 radical (unpaired) electrons. The van der Waals surface area contributed by atoms with Gasteiger partial charge in [-0.05, 0) is 37.0 Å². The molecule has 0 aliphatic heterocycles. The SMILES string of the molecule is CCCCCCC#CCCCCCC[C@@H](O)[C@@H](O)[C@@H](CO)OCc1ccc(OC)cc1. The van der Waals surface area contributed by atoms with Gasteiger partial charge in [0, 0.05) is 12.8 Å². The molecule has 0 amide bonds. The van der Waals surface area contributed by atoms with Gasteiger partial charge < -0.3 is 24.8 Å². The van der Waals surface area contributed by atoms with E-state index in [2.05, 4.69) is 18.8 Å². The molecule has 1 aromatic carbocycles. The first kappa shape index (κ1) is 27.5. The Morgan fingerprint density at radius 3 is 2.06 bits per heavy atom. The number of aliphatic hydroxyl groups excluding tert-OH is 3. The van der Waals surface area contributed by atoms with Gasteiger partial charge in [0.25, 0.3) is 0 Å².